The molecule has 1 aliphatic heterocycles. The fraction of sp³-hybridized carbons (Fsp3) is 0.188. The topological polar surface area (TPSA) is 41.6 Å². The molecule has 2 N–H and O–H groups in total. The van der Waals surface area contributed by atoms with Gasteiger partial charge in [-0.05, 0) is 58.2 Å². The van der Waals surface area contributed by atoms with Gasteiger partial charge in [0, 0.05) is 9.50 Å². The van der Waals surface area contributed by atoms with Crippen molar-refractivity contribution < 1.29 is 0 Å². The van der Waals surface area contributed by atoms with E-state index < -0.39 is 0 Å². The third-order valence-corrected chi connectivity index (χ3v) is 4.59. The molecule has 1 atom stereocenters. The van der Waals surface area contributed by atoms with Crippen molar-refractivity contribution in [1.29, 1.82) is 0 Å². The minimum atomic E-state index is 0.0981. The number of aliphatic imine (C=N–C) groups is 1. The van der Waals surface area contributed by atoms with Gasteiger partial charge >= 0.3 is 0 Å². The minimum Gasteiger partial charge on any atom is -0.369 e. The number of hydrogen-bond donors (Lipinski definition) is 1. The average Bonchev–Trinajstić information content (AvgIpc) is 2.81. The molecular weight excluding hydrogens is 350 g/mol. The van der Waals surface area contributed by atoms with Crippen LogP contribution in [0.15, 0.2) is 51.9 Å². The summed E-state index contributed by atoms with van der Waals surface area (Å²) in [5, 5.41) is 0.746. The van der Waals surface area contributed by atoms with E-state index in [4.69, 9.17) is 17.3 Å². The van der Waals surface area contributed by atoms with E-state index in [9.17, 15) is 0 Å². The molecule has 0 radical (unpaired) electrons. The molecule has 0 aromatic heterocycles. The molecule has 2 aromatic rings. The summed E-state index contributed by atoms with van der Waals surface area (Å²) >= 11 is 9.65. The molecule has 0 spiro atoms. The van der Waals surface area contributed by atoms with Crippen LogP contribution < -0.4 is 10.6 Å². The van der Waals surface area contributed by atoms with Gasteiger partial charge in [0.15, 0.2) is 5.96 Å². The number of nitrogens with two attached hydrogens (primary N) is 1. The Kier molecular flexibility index (Phi) is 3.91. The number of para-hydroxylation sites is 1. The van der Waals surface area contributed by atoms with E-state index in [0.717, 1.165) is 20.7 Å². The number of anilines is 1. The first-order valence-electron chi connectivity index (χ1n) is 6.67. The molecule has 1 heterocycles. The minimum absolute atomic E-state index is 0.0981. The van der Waals surface area contributed by atoms with Crippen molar-refractivity contribution in [1.82, 2.24) is 0 Å². The lowest BCUT2D eigenvalue weighted by molar-refractivity contribution is 0.761. The van der Waals surface area contributed by atoms with Gasteiger partial charge in [0.25, 0.3) is 0 Å². The van der Waals surface area contributed by atoms with E-state index in [1.54, 1.807) is 0 Å². The van der Waals surface area contributed by atoms with Gasteiger partial charge in [-0.1, -0.05) is 29.8 Å². The van der Waals surface area contributed by atoms with Crippen molar-refractivity contribution in [2.24, 2.45) is 10.7 Å². The second kappa shape index (κ2) is 5.70. The number of aryl methyl sites for hydroxylation is 1. The van der Waals surface area contributed by atoms with Crippen LogP contribution in [0, 0.1) is 6.92 Å². The quantitative estimate of drug-likeness (QED) is 0.864. The zero-order valence-electron chi connectivity index (χ0n) is 11.6. The molecule has 21 heavy (non-hydrogen) atoms. The van der Waals surface area contributed by atoms with Crippen LogP contribution >= 0.6 is 27.5 Å². The second-order valence-electron chi connectivity index (χ2n) is 5.04. The van der Waals surface area contributed by atoms with Crippen molar-refractivity contribution in [2.75, 3.05) is 11.4 Å². The largest absolute Gasteiger partial charge is 0.369 e. The molecule has 0 aliphatic carbocycles. The zero-order chi connectivity index (χ0) is 15.0. The summed E-state index contributed by atoms with van der Waals surface area (Å²) in [6.45, 7) is 2.71. The Morgan fingerprint density at radius 1 is 1.29 bits per heavy atom. The number of rotatable bonds is 2. The summed E-state index contributed by atoms with van der Waals surface area (Å²) in [6, 6.07) is 14.1. The Morgan fingerprint density at radius 3 is 2.76 bits per heavy atom. The van der Waals surface area contributed by atoms with Crippen LogP contribution in [0.5, 0.6) is 0 Å². The maximum Gasteiger partial charge on any atom is 0.196 e. The monoisotopic (exact) mass is 363 g/mol. The molecule has 3 rings (SSSR count). The van der Waals surface area contributed by atoms with Crippen molar-refractivity contribution in [3.05, 3.63) is 63.1 Å². The lowest BCUT2D eigenvalue weighted by Crippen LogP contribution is -2.36. The molecule has 3 nitrogen and oxygen atoms in total. The summed E-state index contributed by atoms with van der Waals surface area (Å²) in [6.07, 6.45) is 0. The fourth-order valence-electron chi connectivity index (χ4n) is 2.69. The highest BCUT2D eigenvalue weighted by Gasteiger charge is 2.30. The fourth-order valence-corrected chi connectivity index (χ4v) is 3.39. The summed E-state index contributed by atoms with van der Waals surface area (Å²) in [4.78, 5) is 6.49. The number of nitrogens with zero attached hydrogens (tertiary/aromatic N) is 2. The van der Waals surface area contributed by atoms with Crippen LogP contribution in [0.3, 0.4) is 0 Å². The molecule has 5 heteroatoms. The normalized spacial score (nSPS) is 18.0. The molecule has 108 valence electrons. The predicted molar refractivity (Wildman–Crippen MR) is 92.0 cm³/mol. The molecule has 1 aliphatic rings. The number of hydrogen-bond acceptors (Lipinski definition) is 3. The average molecular weight is 365 g/mol. The van der Waals surface area contributed by atoms with E-state index in [0.29, 0.717) is 12.5 Å². The van der Waals surface area contributed by atoms with Gasteiger partial charge in [0.05, 0.1) is 18.3 Å². The highest BCUT2D eigenvalue weighted by atomic mass is 79.9. The number of halogens is 2. The van der Waals surface area contributed by atoms with Crippen LogP contribution in [0.1, 0.15) is 17.2 Å². The van der Waals surface area contributed by atoms with Crippen molar-refractivity contribution in [2.45, 2.75) is 13.0 Å². The van der Waals surface area contributed by atoms with E-state index in [1.165, 1.54) is 5.56 Å². The Labute approximate surface area is 137 Å². The van der Waals surface area contributed by atoms with Crippen LogP contribution in [0.25, 0.3) is 0 Å². The summed E-state index contributed by atoms with van der Waals surface area (Å²) in [5.41, 5.74) is 9.48. The Balaban J connectivity index is 2.05. The zero-order valence-corrected chi connectivity index (χ0v) is 13.9. The Hall–Kier alpha value is -1.52. The summed E-state index contributed by atoms with van der Waals surface area (Å²) in [5.74, 6) is 0.543. The van der Waals surface area contributed by atoms with Crippen molar-refractivity contribution in [3.8, 4) is 0 Å². The summed E-state index contributed by atoms with van der Waals surface area (Å²) in [7, 11) is 0. The first-order chi connectivity index (χ1) is 10.1. The molecule has 2 aromatic carbocycles. The van der Waals surface area contributed by atoms with Gasteiger partial charge in [-0.15, -0.1) is 0 Å². The van der Waals surface area contributed by atoms with Gasteiger partial charge in [-0.2, -0.15) is 0 Å². The molecular formula is C16H15BrClN3. The maximum atomic E-state index is 6.12. The molecule has 0 saturated carbocycles. The first kappa shape index (κ1) is 14.4. The summed E-state index contributed by atoms with van der Waals surface area (Å²) < 4.78 is 1.00. The molecule has 0 fully saturated rings. The molecule has 1 unspecified atom stereocenters. The van der Waals surface area contributed by atoms with Crippen LogP contribution in [-0.4, -0.2) is 12.5 Å². The van der Waals surface area contributed by atoms with Gasteiger partial charge in [0.2, 0.25) is 0 Å². The molecule has 0 saturated heterocycles. The smallest absolute Gasteiger partial charge is 0.196 e. The second-order valence-corrected chi connectivity index (χ2v) is 6.33. The van der Waals surface area contributed by atoms with E-state index in [-0.39, 0.29) is 6.04 Å². The molecule has 0 bridgehead atoms. The first-order valence-corrected chi connectivity index (χ1v) is 7.85. The Bertz CT molecular complexity index is 714. The van der Waals surface area contributed by atoms with Gasteiger partial charge in [-0.3, -0.25) is 4.99 Å². The third-order valence-electron chi connectivity index (χ3n) is 3.69. The Morgan fingerprint density at radius 2 is 2.05 bits per heavy atom. The van der Waals surface area contributed by atoms with Crippen LogP contribution in [0.4, 0.5) is 5.69 Å². The highest BCUT2D eigenvalue weighted by Crippen LogP contribution is 2.36. The van der Waals surface area contributed by atoms with Crippen molar-refractivity contribution >= 4 is 39.2 Å². The van der Waals surface area contributed by atoms with Crippen LogP contribution in [-0.2, 0) is 0 Å². The van der Waals surface area contributed by atoms with Crippen molar-refractivity contribution in [3.63, 3.8) is 0 Å². The SMILES string of the molecule is Cc1cc(Cl)ccc1C1CN=C(N)N1c1ccccc1Br. The van der Waals surface area contributed by atoms with Crippen LogP contribution in [0.2, 0.25) is 5.02 Å². The number of guanidine groups is 1. The lowest BCUT2D eigenvalue weighted by atomic mass is 10.0. The lowest BCUT2D eigenvalue weighted by Gasteiger charge is -2.28. The number of benzene rings is 2. The standard InChI is InChI=1S/C16H15BrClN3/c1-10-8-11(18)6-7-12(10)15-9-20-16(19)21(15)14-5-3-2-4-13(14)17/h2-8,15H,9H2,1H3,(H2,19,20). The maximum absolute atomic E-state index is 6.12. The van der Waals surface area contributed by atoms with Gasteiger partial charge < -0.3 is 10.6 Å². The third kappa shape index (κ3) is 2.65. The van der Waals surface area contributed by atoms with E-state index in [2.05, 4.69) is 38.8 Å². The van der Waals surface area contributed by atoms with E-state index >= 15 is 0 Å². The van der Waals surface area contributed by atoms with Gasteiger partial charge in [-0.25, -0.2) is 0 Å². The van der Waals surface area contributed by atoms with Gasteiger partial charge in [0.1, 0.15) is 0 Å². The molecule has 0 amide bonds. The highest BCUT2D eigenvalue weighted by molar-refractivity contribution is 9.10. The van der Waals surface area contributed by atoms with E-state index in [1.807, 2.05) is 36.4 Å². The predicted octanol–water partition coefficient (Wildman–Crippen LogP) is 4.29.